The molecule has 3 heterocycles. The largest absolute Gasteiger partial charge is 0.493 e. The van der Waals surface area contributed by atoms with Gasteiger partial charge >= 0.3 is 5.63 Å². The first kappa shape index (κ1) is 20.8. The average Bonchev–Trinajstić information content (AvgIpc) is 3.40. The van der Waals surface area contributed by atoms with E-state index in [0.29, 0.717) is 39.5 Å². The highest BCUT2D eigenvalue weighted by atomic mass is 32.1. The molecule has 3 aromatic heterocycles. The van der Waals surface area contributed by atoms with E-state index in [-0.39, 0.29) is 12.1 Å². The van der Waals surface area contributed by atoms with Gasteiger partial charge in [-0.2, -0.15) is 4.98 Å². The molecule has 1 amide bonds. The van der Waals surface area contributed by atoms with E-state index in [9.17, 15) is 14.0 Å². The maximum absolute atomic E-state index is 14.1. The van der Waals surface area contributed by atoms with Crippen molar-refractivity contribution in [1.82, 2.24) is 19.9 Å². The molecule has 5 rings (SSSR count). The van der Waals surface area contributed by atoms with Crippen molar-refractivity contribution in [2.24, 2.45) is 0 Å². The van der Waals surface area contributed by atoms with Crippen molar-refractivity contribution >= 4 is 33.2 Å². The Morgan fingerprint density at radius 1 is 1.24 bits per heavy atom. The summed E-state index contributed by atoms with van der Waals surface area (Å²) in [6.07, 6.45) is 0.443. The number of nitrogens with zero attached hydrogens (tertiary/aromatic N) is 3. The van der Waals surface area contributed by atoms with Crippen molar-refractivity contribution < 1.29 is 18.3 Å². The van der Waals surface area contributed by atoms with E-state index in [1.807, 2.05) is 5.38 Å². The Morgan fingerprint density at radius 3 is 2.91 bits per heavy atom. The quantitative estimate of drug-likeness (QED) is 0.385. The Kier molecular flexibility index (Phi) is 5.35. The van der Waals surface area contributed by atoms with E-state index >= 15 is 0 Å². The van der Waals surface area contributed by atoms with Gasteiger partial charge in [0.15, 0.2) is 17.2 Å². The molecule has 0 bridgehead atoms. The first-order valence-electron chi connectivity index (χ1n) is 10.0. The number of ether oxygens (including phenoxy) is 1. The number of hydrogen-bond donors (Lipinski definition) is 1. The highest BCUT2D eigenvalue weighted by Gasteiger charge is 2.17. The van der Waals surface area contributed by atoms with Gasteiger partial charge in [0.2, 0.25) is 4.96 Å². The molecule has 2 aromatic carbocycles. The summed E-state index contributed by atoms with van der Waals surface area (Å²) in [7, 11) is 1.48. The molecule has 0 unspecified atom stereocenters. The molecule has 0 atom stereocenters. The molecule has 10 heteroatoms. The van der Waals surface area contributed by atoms with E-state index in [0.717, 1.165) is 5.69 Å². The van der Waals surface area contributed by atoms with Gasteiger partial charge in [-0.25, -0.2) is 13.7 Å². The molecular weight excluding hydrogens is 447 g/mol. The van der Waals surface area contributed by atoms with E-state index < -0.39 is 17.3 Å². The lowest BCUT2D eigenvalue weighted by Crippen LogP contribution is -2.30. The normalized spacial score (nSPS) is 11.2. The zero-order chi connectivity index (χ0) is 22.9. The molecule has 33 heavy (non-hydrogen) atoms. The molecule has 0 saturated carbocycles. The van der Waals surface area contributed by atoms with Gasteiger partial charge < -0.3 is 14.5 Å². The molecule has 8 nitrogen and oxygen atoms in total. The molecule has 0 aliphatic rings. The summed E-state index contributed by atoms with van der Waals surface area (Å²) in [4.78, 5) is 30.0. The van der Waals surface area contributed by atoms with E-state index in [2.05, 4.69) is 15.4 Å². The Morgan fingerprint density at radius 2 is 2.09 bits per heavy atom. The van der Waals surface area contributed by atoms with Gasteiger partial charge in [-0.15, -0.1) is 16.4 Å². The molecule has 0 radical (unpaired) electrons. The molecule has 0 aliphatic heterocycles. The van der Waals surface area contributed by atoms with E-state index in [1.165, 1.54) is 30.6 Å². The first-order valence-corrected chi connectivity index (χ1v) is 10.9. The van der Waals surface area contributed by atoms with Crippen LogP contribution in [0.1, 0.15) is 16.1 Å². The predicted molar refractivity (Wildman–Crippen MR) is 121 cm³/mol. The number of methoxy groups -OCH3 is 1. The molecule has 0 spiro atoms. The lowest BCUT2D eigenvalue weighted by Gasteiger charge is -2.07. The van der Waals surface area contributed by atoms with Crippen LogP contribution in [0, 0.1) is 5.82 Å². The van der Waals surface area contributed by atoms with Crippen LogP contribution in [-0.2, 0) is 6.42 Å². The maximum Gasteiger partial charge on any atom is 0.349 e. The second-order valence-electron chi connectivity index (χ2n) is 7.17. The lowest BCUT2D eigenvalue weighted by atomic mass is 10.1. The van der Waals surface area contributed by atoms with Crippen LogP contribution in [0.4, 0.5) is 4.39 Å². The van der Waals surface area contributed by atoms with Crippen molar-refractivity contribution in [3.05, 3.63) is 81.4 Å². The third-order valence-corrected chi connectivity index (χ3v) is 5.98. The van der Waals surface area contributed by atoms with Gasteiger partial charge in [-0.3, -0.25) is 4.79 Å². The number of halogens is 1. The summed E-state index contributed by atoms with van der Waals surface area (Å²) < 4.78 is 26.2. The minimum atomic E-state index is -0.742. The predicted octanol–water partition coefficient (Wildman–Crippen LogP) is 3.68. The molecule has 0 aliphatic carbocycles. The van der Waals surface area contributed by atoms with E-state index in [4.69, 9.17) is 9.15 Å². The number of benzene rings is 2. The number of nitrogens with one attached hydrogen (secondary N) is 1. The smallest absolute Gasteiger partial charge is 0.349 e. The van der Waals surface area contributed by atoms with E-state index in [1.54, 1.807) is 40.9 Å². The molecule has 1 N–H and O–H groups in total. The summed E-state index contributed by atoms with van der Waals surface area (Å²) in [5.74, 6) is -0.211. The van der Waals surface area contributed by atoms with Gasteiger partial charge in [0.25, 0.3) is 5.91 Å². The fourth-order valence-electron chi connectivity index (χ4n) is 3.49. The summed E-state index contributed by atoms with van der Waals surface area (Å²) in [6.45, 7) is 0.259. The number of thiazole rings is 1. The van der Waals surface area contributed by atoms with Gasteiger partial charge in [-0.1, -0.05) is 24.3 Å². The second-order valence-corrected chi connectivity index (χ2v) is 8.01. The zero-order valence-corrected chi connectivity index (χ0v) is 18.2. The number of amides is 1. The highest BCUT2D eigenvalue weighted by Crippen LogP contribution is 2.25. The minimum absolute atomic E-state index is 0.0891. The van der Waals surface area contributed by atoms with Crippen LogP contribution in [0.2, 0.25) is 0 Å². The number of rotatable bonds is 6. The fourth-order valence-corrected chi connectivity index (χ4v) is 4.35. The maximum atomic E-state index is 14.1. The third kappa shape index (κ3) is 3.85. The number of fused-ring (bicyclic) bond motifs is 2. The Hall–Kier alpha value is -4.05. The average molecular weight is 464 g/mol. The molecule has 166 valence electrons. The van der Waals surface area contributed by atoms with Crippen LogP contribution in [-0.4, -0.2) is 34.2 Å². The van der Waals surface area contributed by atoms with Crippen LogP contribution in [0.3, 0.4) is 0 Å². The first-order chi connectivity index (χ1) is 16.0. The van der Waals surface area contributed by atoms with Crippen molar-refractivity contribution in [2.45, 2.75) is 6.42 Å². The number of hydrogen-bond acceptors (Lipinski definition) is 7. The van der Waals surface area contributed by atoms with Crippen molar-refractivity contribution in [1.29, 1.82) is 0 Å². The number of carbonyl (C=O) groups excluding carboxylic acids is 1. The van der Waals surface area contributed by atoms with Crippen molar-refractivity contribution in [2.75, 3.05) is 13.7 Å². The van der Waals surface area contributed by atoms with Gasteiger partial charge in [0.05, 0.1) is 18.4 Å². The summed E-state index contributed by atoms with van der Waals surface area (Å²) >= 11 is 1.38. The van der Waals surface area contributed by atoms with Crippen LogP contribution < -0.4 is 15.7 Å². The number of carbonyl (C=O) groups is 1. The summed E-state index contributed by atoms with van der Waals surface area (Å²) in [6, 6.07) is 13.0. The molecular formula is C23H17FN4O4S. The number of aromatic nitrogens is 3. The van der Waals surface area contributed by atoms with Gasteiger partial charge in [0, 0.05) is 23.7 Å². The van der Waals surface area contributed by atoms with Crippen LogP contribution in [0.25, 0.3) is 27.3 Å². The monoisotopic (exact) mass is 464 g/mol. The van der Waals surface area contributed by atoms with Crippen molar-refractivity contribution in [3.8, 4) is 17.1 Å². The Labute approximate surface area is 190 Å². The van der Waals surface area contributed by atoms with Gasteiger partial charge in [-0.05, 0) is 24.3 Å². The summed E-state index contributed by atoms with van der Waals surface area (Å²) in [5, 5.41) is 9.61. The fraction of sp³-hybridized carbons (Fsp3) is 0.130. The molecule has 5 aromatic rings. The van der Waals surface area contributed by atoms with Crippen LogP contribution in [0.5, 0.6) is 5.75 Å². The topological polar surface area (TPSA) is 98.7 Å². The lowest BCUT2D eigenvalue weighted by molar-refractivity contribution is 0.0950. The standard InChI is InChI=1S/C23H17FN4O4S/c1-31-18-8-4-5-13-11-16(22(30)32-19(13)18)21(29)25-10-9-14-12-33-23-26-20(27-28(14)23)15-6-2-3-7-17(15)24/h2-8,11-12H,9-10H2,1H3,(H,25,29). The highest BCUT2D eigenvalue weighted by molar-refractivity contribution is 7.15. The summed E-state index contributed by atoms with van der Waals surface area (Å²) in [5.41, 5.74) is 0.592. The van der Waals surface area contributed by atoms with Gasteiger partial charge in [0.1, 0.15) is 11.4 Å². The molecule has 0 fully saturated rings. The van der Waals surface area contributed by atoms with Crippen LogP contribution >= 0.6 is 11.3 Å². The van der Waals surface area contributed by atoms with Crippen molar-refractivity contribution in [3.63, 3.8) is 0 Å². The van der Waals surface area contributed by atoms with Crippen LogP contribution in [0.15, 0.2) is 63.1 Å². The third-order valence-electron chi connectivity index (χ3n) is 5.12. The second kappa shape index (κ2) is 8.47. The SMILES string of the molecule is COc1cccc2cc(C(=O)NCCc3csc4nc(-c5ccccc5F)nn34)c(=O)oc12. The minimum Gasteiger partial charge on any atom is -0.493 e. The Bertz CT molecular complexity index is 1560. The Balaban J connectivity index is 1.32. The molecule has 0 saturated heterocycles. The zero-order valence-electron chi connectivity index (χ0n) is 17.4. The number of para-hydroxylation sites is 1.